The van der Waals surface area contributed by atoms with Crippen LogP contribution in [0.4, 0.5) is 5.69 Å². The molecule has 2 heteroatoms. The molecule has 0 unspecified atom stereocenters. The van der Waals surface area contributed by atoms with E-state index >= 15 is 0 Å². The van der Waals surface area contributed by atoms with Crippen LogP contribution in [0.1, 0.15) is 24.5 Å². The van der Waals surface area contributed by atoms with Gasteiger partial charge in [-0.25, -0.2) is 0 Å². The molecule has 21 heavy (non-hydrogen) atoms. The summed E-state index contributed by atoms with van der Waals surface area (Å²) in [7, 11) is 4.14. The van der Waals surface area contributed by atoms with E-state index in [0.29, 0.717) is 0 Å². The van der Waals surface area contributed by atoms with Gasteiger partial charge in [0.25, 0.3) is 0 Å². The lowest BCUT2D eigenvalue weighted by Gasteiger charge is -2.14. The van der Waals surface area contributed by atoms with Crippen LogP contribution in [0, 0.1) is 6.92 Å². The second kappa shape index (κ2) is 7.28. The van der Waals surface area contributed by atoms with Crippen molar-refractivity contribution in [1.82, 2.24) is 5.32 Å². The van der Waals surface area contributed by atoms with Gasteiger partial charge in [-0.2, -0.15) is 0 Å². The van der Waals surface area contributed by atoms with Gasteiger partial charge in [-0.15, -0.1) is 0 Å². The third-order valence-corrected chi connectivity index (χ3v) is 3.75. The molecule has 0 aliphatic rings. The number of nitrogens with zero attached hydrogens (tertiary/aromatic N) is 1. The minimum absolute atomic E-state index is 0.941. The second-order valence-electron chi connectivity index (χ2n) is 5.77. The van der Waals surface area contributed by atoms with E-state index in [1.165, 1.54) is 34.4 Å². The predicted molar refractivity (Wildman–Crippen MR) is 92.9 cm³/mol. The fourth-order valence-corrected chi connectivity index (χ4v) is 2.44. The van der Waals surface area contributed by atoms with Crippen LogP contribution in [0.15, 0.2) is 42.5 Å². The van der Waals surface area contributed by atoms with Crippen LogP contribution in [0.5, 0.6) is 0 Å². The van der Waals surface area contributed by atoms with Gasteiger partial charge in [-0.3, -0.25) is 0 Å². The zero-order chi connectivity index (χ0) is 15.2. The van der Waals surface area contributed by atoms with Crippen molar-refractivity contribution >= 4 is 5.69 Å². The first-order chi connectivity index (χ1) is 10.1. The Morgan fingerprint density at radius 3 is 2.33 bits per heavy atom. The quantitative estimate of drug-likeness (QED) is 0.798. The van der Waals surface area contributed by atoms with E-state index in [-0.39, 0.29) is 0 Å². The Kier molecular flexibility index (Phi) is 5.40. The summed E-state index contributed by atoms with van der Waals surface area (Å²) in [6.07, 6.45) is 1.17. The van der Waals surface area contributed by atoms with Gasteiger partial charge in [-0.1, -0.05) is 31.2 Å². The van der Waals surface area contributed by atoms with Crippen molar-refractivity contribution in [3.05, 3.63) is 53.6 Å². The first kappa shape index (κ1) is 15.6. The SMILES string of the molecule is CCCNCc1ccc(C)c(-c2ccc(N(C)C)cc2)c1. The molecular weight excluding hydrogens is 256 g/mol. The van der Waals surface area contributed by atoms with Gasteiger partial charge in [0, 0.05) is 26.3 Å². The van der Waals surface area contributed by atoms with Crippen LogP contribution in [0.25, 0.3) is 11.1 Å². The highest BCUT2D eigenvalue weighted by Crippen LogP contribution is 2.26. The Hall–Kier alpha value is -1.80. The van der Waals surface area contributed by atoms with Crippen molar-refractivity contribution in [2.45, 2.75) is 26.8 Å². The van der Waals surface area contributed by atoms with Crippen molar-refractivity contribution in [3.63, 3.8) is 0 Å². The fourth-order valence-electron chi connectivity index (χ4n) is 2.44. The first-order valence-electron chi connectivity index (χ1n) is 7.70. The number of aryl methyl sites for hydroxylation is 1. The molecule has 0 bridgehead atoms. The highest BCUT2D eigenvalue weighted by molar-refractivity contribution is 5.70. The fraction of sp³-hybridized carbons (Fsp3) is 0.368. The average molecular weight is 282 g/mol. The summed E-state index contributed by atoms with van der Waals surface area (Å²) < 4.78 is 0. The Morgan fingerprint density at radius 1 is 1.00 bits per heavy atom. The maximum absolute atomic E-state index is 3.47. The number of hydrogen-bond donors (Lipinski definition) is 1. The molecule has 0 aliphatic heterocycles. The summed E-state index contributed by atoms with van der Waals surface area (Å²) >= 11 is 0. The van der Waals surface area contributed by atoms with Crippen LogP contribution >= 0.6 is 0 Å². The molecule has 2 aromatic carbocycles. The summed E-state index contributed by atoms with van der Waals surface area (Å²) in [6, 6.07) is 15.5. The monoisotopic (exact) mass is 282 g/mol. The topological polar surface area (TPSA) is 15.3 Å². The first-order valence-corrected chi connectivity index (χ1v) is 7.70. The molecule has 0 heterocycles. The van der Waals surface area contributed by atoms with Crippen molar-refractivity contribution in [2.24, 2.45) is 0 Å². The Balaban J connectivity index is 2.23. The van der Waals surface area contributed by atoms with Gasteiger partial charge in [0.1, 0.15) is 0 Å². The van der Waals surface area contributed by atoms with E-state index in [0.717, 1.165) is 13.1 Å². The molecule has 0 atom stereocenters. The Bertz CT molecular complexity index is 571. The summed E-state index contributed by atoms with van der Waals surface area (Å²) in [5.41, 5.74) is 6.52. The lowest BCUT2D eigenvalue weighted by atomic mass is 9.98. The molecule has 1 N–H and O–H groups in total. The molecule has 112 valence electrons. The largest absolute Gasteiger partial charge is 0.378 e. The smallest absolute Gasteiger partial charge is 0.0361 e. The van der Waals surface area contributed by atoms with Gasteiger partial charge < -0.3 is 10.2 Å². The molecule has 0 radical (unpaired) electrons. The second-order valence-corrected chi connectivity index (χ2v) is 5.77. The average Bonchev–Trinajstić information content (AvgIpc) is 2.49. The van der Waals surface area contributed by atoms with Crippen molar-refractivity contribution in [1.29, 1.82) is 0 Å². The minimum Gasteiger partial charge on any atom is -0.378 e. The number of nitrogens with one attached hydrogen (secondary N) is 1. The molecular formula is C19H26N2. The van der Waals surface area contributed by atoms with E-state index in [2.05, 4.69) is 80.6 Å². The molecule has 0 saturated heterocycles. The van der Waals surface area contributed by atoms with E-state index in [1.54, 1.807) is 0 Å². The summed E-state index contributed by atoms with van der Waals surface area (Å²) in [5, 5.41) is 3.47. The Morgan fingerprint density at radius 2 is 1.71 bits per heavy atom. The molecule has 0 amide bonds. The van der Waals surface area contributed by atoms with E-state index in [1.807, 2.05) is 0 Å². The van der Waals surface area contributed by atoms with Crippen molar-refractivity contribution in [3.8, 4) is 11.1 Å². The third-order valence-electron chi connectivity index (χ3n) is 3.75. The highest BCUT2D eigenvalue weighted by Gasteiger charge is 2.04. The van der Waals surface area contributed by atoms with Gasteiger partial charge >= 0.3 is 0 Å². The van der Waals surface area contributed by atoms with Crippen LogP contribution in [-0.2, 0) is 6.54 Å². The normalized spacial score (nSPS) is 10.7. The number of hydrogen-bond acceptors (Lipinski definition) is 2. The van der Waals surface area contributed by atoms with Gasteiger partial charge in [0.2, 0.25) is 0 Å². The van der Waals surface area contributed by atoms with Crippen LogP contribution in [-0.4, -0.2) is 20.6 Å². The van der Waals surface area contributed by atoms with E-state index in [9.17, 15) is 0 Å². The maximum Gasteiger partial charge on any atom is 0.0361 e. The molecule has 0 saturated carbocycles. The molecule has 0 aliphatic carbocycles. The number of rotatable bonds is 6. The summed E-state index contributed by atoms with van der Waals surface area (Å²) in [5.74, 6) is 0. The number of anilines is 1. The molecule has 2 nitrogen and oxygen atoms in total. The Labute approximate surface area is 128 Å². The molecule has 2 rings (SSSR count). The lowest BCUT2D eigenvalue weighted by Crippen LogP contribution is -2.13. The van der Waals surface area contributed by atoms with E-state index < -0.39 is 0 Å². The zero-order valence-corrected chi connectivity index (χ0v) is 13.6. The van der Waals surface area contributed by atoms with Crippen LogP contribution < -0.4 is 10.2 Å². The van der Waals surface area contributed by atoms with Gasteiger partial charge in [0.15, 0.2) is 0 Å². The summed E-state index contributed by atoms with van der Waals surface area (Å²) in [4.78, 5) is 2.13. The molecule has 0 fully saturated rings. The lowest BCUT2D eigenvalue weighted by molar-refractivity contribution is 0.675. The molecule has 2 aromatic rings. The van der Waals surface area contributed by atoms with Crippen molar-refractivity contribution < 1.29 is 0 Å². The standard InChI is InChI=1S/C19H26N2/c1-5-12-20-14-16-7-6-15(2)19(13-16)17-8-10-18(11-9-17)21(3)4/h6-11,13,20H,5,12,14H2,1-4H3. The van der Waals surface area contributed by atoms with Gasteiger partial charge in [0.05, 0.1) is 0 Å². The molecule has 0 spiro atoms. The third kappa shape index (κ3) is 4.08. The highest BCUT2D eigenvalue weighted by atomic mass is 15.1. The van der Waals surface area contributed by atoms with Crippen LogP contribution in [0.3, 0.4) is 0 Å². The minimum atomic E-state index is 0.941. The number of benzene rings is 2. The van der Waals surface area contributed by atoms with Gasteiger partial charge in [-0.05, 0) is 60.3 Å². The van der Waals surface area contributed by atoms with E-state index in [4.69, 9.17) is 0 Å². The van der Waals surface area contributed by atoms with Crippen molar-refractivity contribution in [2.75, 3.05) is 25.5 Å². The van der Waals surface area contributed by atoms with Crippen LogP contribution in [0.2, 0.25) is 0 Å². The maximum atomic E-state index is 3.47. The summed E-state index contributed by atoms with van der Waals surface area (Å²) in [6.45, 7) is 6.38. The molecule has 0 aromatic heterocycles. The zero-order valence-electron chi connectivity index (χ0n) is 13.6. The predicted octanol–water partition coefficient (Wildman–Crippen LogP) is 4.23.